The van der Waals surface area contributed by atoms with Crippen LogP contribution in [0.3, 0.4) is 0 Å². The molecule has 1 aromatic carbocycles. The predicted molar refractivity (Wildman–Crippen MR) is 82.9 cm³/mol. The third-order valence-electron chi connectivity index (χ3n) is 3.95. The van der Waals surface area contributed by atoms with E-state index in [9.17, 15) is 14.9 Å². The maximum Gasteiger partial charge on any atom is 0.270 e. The van der Waals surface area contributed by atoms with Crippen LogP contribution < -0.4 is 11.1 Å². The molecule has 1 aliphatic carbocycles. The van der Waals surface area contributed by atoms with E-state index in [1.54, 1.807) is 6.07 Å². The Kier molecular flexibility index (Phi) is 4.95. The van der Waals surface area contributed by atoms with Gasteiger partial charge in [-0.05, 0) is 18.4 Å². The van der Waals surface area contributed by atoms with Gasteiger partial charge < -0.3 is 11.1 Å². The molecule has 0 heterocycles. The average molecular weight is 356 g/mol. The number of nitrogens with zero attached hydrogens (tertiary/aromatic N) is 1. The third-order valence-corrected chi connectivity index (χ3v) is 4.69. The summed E-state index contributed by atoms with van der Waals surface area (Å²) in [4.78, 5) is 22.4. The number of rotatable bonds is 5. The zero-order valence-electron chi connectivity index (χ0n) is 11.6. The molecule has 6 nitrogen and oxygen atoms in total. The fourth-order valence-corrected chi connectivity index (χ4v) is 3.24. The molecule has 1 fully saturated rings. The Labute approximate surface area is 131 Å². The second kappa shape index (κ2) is 6.53. The number of nitro groups is 1. The van der Waals surface area contributed by atoms with Gasteiger partial charge in [0.1, 0.15) is 0 Å². The Hall–Kier alpha value is -1.47. The maximum atomic E-state index is 12.2. The molecule has 0 atom stereocenters. The predicted octanol–water partition coefficient (Wildman–Crippen LogP) is 2.29. The van der Waals surface area contributed by atoms with Gasteiger partial charge in [0.15, 0.2) is 0 Å². The minimum atomic E-state index is -0.462. The van der Waals surface area contributed by atoms with Crippen LogP contribution in [-0.4, -0.2) is 22.9 Å². The Morgan fingerprint density at radius 1 is 1.43 bits per heavy atom. The highest BCUT2D eigenvalue weighted by molar-refractivity contribution is 9.10. The van der Waals surface area contributed by atoms with E-state index in [0.29, 0.717) is 11.0 Å². The smallest absolute Gasteiger partial charge is 0.270 e. The van der Waals surface area contributed by atoms with Crippen molar-refractivity contribution in [2.45, 2.75) is 37.6 Å². The van der Waals surface area contributed by atoms with Crippen LogP contribution in [0.2, 0.25) is 0 Å². The number of carbonyl (C=O) groups is 1. The molecule has 1 saturated carbocycles. The lowest BCUT2D eigenvalue weighted by molar-refractivity contribution is -0.384. The first kappa shape index (κ1) is 15.9. The van der Waals surface area contributed by atoms with E-state index in [1.807, 2.05) is 0 Å². The molecule has 0 aromatic heterocycles. The van der Waals surface area contributed by atoms with Gasteiger partial charge in [0.05, 0.1) is 16.9 Å². The number of carbonyl (C=O) groups excluding carboxylic acids is 1. The molecular formula is C14H18BrN3O3. The number of nitro benzene ring substituents is 1. The molecule has 3 N–H and O–H groups in total. The third kappa shape index (κ3) is 3.79. The molecular weight excluding hydrogens is 338 g/mol. The lowest BCUT2D eigenvalue weighted by Gasteiger charge is -2.28. The van der Waals surface area contributed by atoms with E-state index in [-0.39, 0.29) is 23.6 Å². The highest BCUT2D eigenvalue weighted by Crippen LogP contribution is 2.29. The summed E-state index contributed by atoms with van der Waals surface area (Å²) < 4.78 is 0.570. The van der Waals surface area contributed by atoms with E-state index >= 15 is 0 Å². The maximum absolute atomic E-state index is 12.2. The lowest BCUT2D eigenvalue weighted by atomic mass is 9.97. The molecule has 114 valence electrons. The van der Waals surface area contributed by atoms with E-state index in [2.05, 4.69) is 21.2 Å². The van der Waals surface area contributed by atoms with E-state index in [0.717, 1.165) is 31.2 Å². The molecule has 0 unspecified atom stereocenters. The molecule has 0 bridgehead atoms. The van der Waals surface area contributed by atoms with Crippen molar-refractivity contribution in [1.29, 1.82) is 0 Å². The summed E-state index contributed by atoms with van der Waals surface area (Å²) in [6, 6.07) is 4.42. The Morgan fingerprint density at radius 2 is 2.10 bits per heavy atom. The van der Waals surface area contributed by atoms with Crippen molar-refractivity contribution in [3.05, 3.63) is 38.3 Å². The summed E-state index contributed by atoms with van der Waals surface area (Å²) >= 11 is 3.28. The molecule has 0 saturated heterocycles. The van der Waals surface area contributed by atoms with Crippen molar-refractivity contribution in [2.75, 3.05) is 6.54 Å². The minimum Gasteiger partial charge on any atom is -0.349 e. The standard InChI is InChI=1S/C14H18BrN3O3/c15-12-8-11(18(20)21)4-3-10(12)7-13(19)17-14(9-16)5-1-2-6-14/h3-4,8H,1-2,5-7,9,16H2,(H,17,19). The molecule has 7 heteroatoms. The molecule has 1 aliphatic rings. The van der Waals surface area contributed by atoms with Gasteiger partial charge >= 0.3 is 0 Å². The molecule has 0 aliphatic heterocycles. The van der Waals surface area contributed by atoms with Crippen molar-refractivity contribution in [3.8, 4) is 0 Å². The van der Waals surface area contributed by atoms with Gasteiger partial charge in [0.25, 0.3) is 5.69 Å². The van der Waals surface area contributed by atoms with Crippen LogP contribution in [0, 0.1) is 10.1 Å². The van der Waals surface area contributed by atoms with Crippen molar-refractivity contribution in [1.82, 2.24) is 5.32 Å². The highest BCUT2D eigenvalue weighted by Gasteiger charge is 2.33. The topological polar surface area (TPSA) is 98.3 Å². The monoisotopic (exact) mass is 355 g/mol. The summed E-state index contributed by atoms with van der Waals surface area (Å²) in [5.41, 5.74) is 6.25. The summed E-state index contributed by atoms with van der Waals surface area (Å²) in [6.07, 6.45) is 4.17. The summed E-state index contributed by atoms with van der Waals surface area (Å²) in [5, 5.41) is 13.7. The Morgan fingerprint density at radius 3 is 2.62 bits per heavy atom. The first-order chi connectivity index (χ1) is 9.96. The first-order valence-electron chi connectivity index (χ1n) is 6.90. The quantitative estimate of drug-likeness (QED) is 0.625. The summed E-state index contributed by atoms with van der Waals surface area (Å²) in [5.74, 6) is -0.100. The van der Waals surface area contributed by atoms with Crippen LogP contribution in [-0.2, 0) is 11.2 Å². The second-order valence-corrected chi connectivity index (χ2v) is 6.30. The van der Waals surface area contributed by atoms with Crippen LogP contribution in [0.5, 0.6) is 0 Å². The molecule has 0 spiro atoms. The first-order valence-corrected chi connectivity index (χ1v) is 7.69. The fraction of sp³-hybridized carbons (Fsp3) is 0.500. The average Bonchev–Trinajstić information content (AvgIpc) is 2.90. The van der Waals surface area contributed by atoms with Crippen molar-refractivity contribution < 1.29 is 9.72 Å². The fourth-order valence-electron chi connectivity index (χ4n) is 2.74. The van der Waals surface area contributed by atoms with Crippen LogP contribution >= 0.6 is 15.9 Å². The van der Waals surface area contributed by atoms with E-state index < -0.39 is 4.92 Å². The van der Waals surface area contributed by atoms with E-state index in [1.165, 1.54) is 12.1 Å². The minimum absolute atomic E-state index is 0.000236. The molecule has 0 radical (unpaired) electrons. The van der Waals surface area contributed by atoms with Crippen molar-refractivity contribution in [2.24, 2.45) is 5.73 Å². The van der Waals surface area contributed by atoms with Crippen LogP contribution in [0.25, 0.3) is 0 Å². The number of halogens is 1. The van der Waals surface area contributed by atoms with Crippen molar-refractivity contribution >= 4 is 27.5 Å². The number of hydrogen-bond acceptors (Lipinski definition) is 4. The van der Waals surface area contributed by atoms with Crippen LogP contribution in [0.4, 0.5) is 5.69 Å². The highest BCUT2D eigenvalue weighted by atomic mass is 79.9. The van der Waals surface area contributed by atoms with Gasteiger partial charge in [0, 0.05) is 23.2 Å². The molecule has 2 rings (SSSR count). The van der Waals surface area contributed by atoms with Crippen molar-refractivity contribution in [3.63, 3.8) is 0 Å². The van der Waals surface area contributed by atoms with Crippen LogP contribution in [0.1, 0.15) is 31.2 Å². The second-order valence-electron chi connectivity index (χ2n) is 5.45. The van der Waals surface area contributed by atoms with Gasteiger partial charge in [0.2, 0.25) is 5.91 Å². The Balaban J connectivity index is 2.04. The van der Waals surface area contributed by atoms with Gasteiger partial charge in [-0.1, -0.05) is 34.8 Å². The number of nitrogens with one attached hydrogen (secondary N) is 1. The van der Waals surface area contributed by atoms with Gasteiger partial charge in [-0.3, -0.25) is 14.9 Å². The zero-order chi connectivity index (χ0) is 15.5. The summed E-state index contributed by atoms with van der Waals surface area (Å²) in [6.45, 7) is 0.445. The number of benzene rings is 1. The van der Waals surface area contributed by atoms with E-state index in [4.69, 9.17) is 5.73 Å². The molecule has 1 aromatic rings. The normalized spacial score (nSPS) is 16.7. The molecule has 1 amide bonds. The SMILES string of the molecule is NCC1(NC(=O)Cc2ccc([N+](=O)[O-])cc2Br)CCCC1. The Bertz CT molecular complexity index is 556. The van der Waals surface area contributed by atoms with Crippen LogP contribution in [0.15, 0.2) is 22.7 Å². The van der Waals surface area contributed by atoms with Gasteiger partial charge in [-0.2, -0.15) is 0 Å². The molecule has 21 heavy (non-hydrogen) atoms. The number of amides is 1. The number of non-ortho nitro benzene ring substituents is 1. The van der Waals surface area contributed by atoms with Gasteiger partial charge in [-0.15, -0.1) is 0 Å². The van der Waals surface area contributed by atoms with Gasteiger partial charge in [-0.25, -0.2) is 0 Å². The number of nitrogens with two attached hydrogens (primary N) is 1. The summed E-state index contributed by atoms with van der Waals surface area (Å²) in [7, 11) is 0. The lowest BCUT2D eigenvalue weighted by Crippen LogP contribution is -2.52. The number of hydrogen-bond donors (Lipinski definition) is 2. The zero-order valence-corrected chi connectivity index (χ0v) is 13.2. The largest absolute Gasteiger partial charge is 0.349 e.